The van der Waals surface area contributed by atoms with Crippen molar-refractivity contribution >= 4 is 5.91 Å². The van der Waals surface area contributed by atoms with Gasteiger partial charge in [-0.15, -0.1) is 0 Å². The minimum Gasteiger partial charge on any atom is -0.334 e. The molecule has 3 heteroatoms. The molecule has 1 aliphatic heterocycles. The molecular weight excluding hydrogens is 212 g/mol. The van der Waals surface area contributed by atoms with Crippen molar-refractivity contribution in [2.45, 2.75) is 56.9 Å². The summed E-state index contributed by atoms with van der Waals surface area (Å²) in [5.41, 5.74) is 0.184. The molecule has 1 amide bonds. The van der Waals surface area contributed by atoms with Crippen LogP contribution in [0.4, 0.5) is 0 Å². The van der Waals surface area contributed by atoms with Crippen LogP contribution in [0.2, 0.25) is 0 Å². The van der Waals surface area contributed by atoms with E-state index in [-0.39, 0.29) is 5.54 Å². The molecule has 96 valence electrons. The summed E-state index contributed by atoms with van der Waals surface area (Å²) < 4.78 is 0. The molecule has 0 atom stereocenters. The lowest BCUT2D eigenvalue weighted by molar-refractivity contribution is -0.148. The zero-order valence-electron chi connectivity index (χ0n) is 10.7. The number of piperazine rings is 1. The monoisotopic (exact) mass is 236 g/mol. The lowest BCUT2D eigenvalue weighted by Gasteiger charge is -2.51. The molecule has 0 radical (unpaired) electrons. The van der Waals surface area contributed by atoms with Gasteiger partial charge in [0.25, 0.3) is 0 Å². The molecule has 0 aromatic carbocycles. The second-order valence-electron chi connectivity index (χ2n) is 6.08. The predicted molar refractivity (Wildman–Crippen MR) is 67.7 cm³/mol. The Balaban J connectivity index is 1.76. The maximum absolute atomic E-state index is 12.6. The third kappa shape index (κ3) is 1.99. The Morgan fingerprint density at radius 2 is 1.88 bits per heavy atom. The minimum atomic E-state index is 0.184. The van der Waals surface area contributed by atoms with E-state index >= 15 is 0 Å². The molecule has 1 heterocycles. The number of hydrogen-bond donors (Lipinski definition) is 1. The first-order chi connectivity index (χ1) is 8.32. The van der Waals surface area contributed by atoms with E-state index in [2.05, 4.69) is 10.2 Å². The number of nitrogens with one attached hydrogen (secondary N) is 1. The summed E-state index contributed by atoms with van der Waals surface area (Å²) in [6.45, 7) is 2.96. The number of carbonyl (C=O) groups is 1. The van der Waals surface area contributed by atoms with Crippen LogP contribution in [0, 0.1) is 5.92 Å². The van der Waals surface area contributed by atoms with E-state index in [1.807, 2.05) is 0 Å². The summed E-state index contributed by atoms with van der Waals surface area (Å²) >= 11 is 0. The van der Waals surface area contributed by atoms with Crippen LogP contribution >= 0.6 is 0 Å². The molecule has 0 bridgehead atoms. The molecule has 0 aromatic heterocycles. The molecule has 3 fully saturated rings. The van der Waals surface area contributed by atoms with Crippen LogP contribution in [0.1, 0.15) is 51.4 Å². The van der Waals surface area contributed by atoms with Crippen molar-refractivity contribution in [3.05, 3.63) is 0 Å². The predicted octanol–water partition coefficient (Wildman–Crippen LogP) is 1.92. The van der Waals surface area contributed by atoms with Gasteiger partial charge in [-0.3, -0.25) is 4.79 Å². The summed E-state index contributed by atoms with van der Waals surface area (Å²) in [6, 6.07) is 0. The summed E-state index contributed by atoms with van der Waals surface area (Å²) in [7, 11) is 0. The fourth-order valence-electron chi connectivity index (χ4n) is 3.72. The van der Waals surface area contributed by atoms with Gasteiger partial charge < -0.3 is 10.2 Å². The van der Waals surface area contributed by atoms with E-state index in [0.717, 1.165) is 32.5 Å². The first kappa shape index (κ1) is 11.5. The molecular formula is C14H24N2O. The van der Waals surface area contributed by atoms with Crippen molar-refractivity contribution in [3.8, 4) is 0 Å². The van der Waals surface area contributed by atoms with Crippen molar-refractivity contribution in [2.24, 2.45) is 5.92 Å². The summed E-state index contributed by atoms with van der Waals surface area (Å²) in [6.07, 6.45) is 9.93. The van der Waals surface area contributed by atoms with Crippen molar-refractivity contribution < 1.29 is 4.79 Å². The molecule has 1 N–H and O–H groups in total. The fourth-order valence-corrected chi connectivity index (χ4v) is 3.72. The first-order valence-corrected chi connectivity index (χ1v) is 7.34. The zero-order chi connectivity index (χ0) is 11.7. The Hall–Kier alpha value is -0.570. The smallest absolute Gasteiger partial charge is 0.226 e. The molecule has 0 aromatic rings. The van der Waals surface area contributed by atoms with E-state index in [9.17, 15) is 4.79 Å². The Bertz CT molecular complexity index is 284. The lowest BCUT2D eigenvalue weighted by Crippen LogP contribution is -2.64. The molecule has 3 nitrogen and oxygen atoms in total. The fraction of sp³-hybridized carbons (Fsp3) is 0.929. The highest BCUT2D eigenvalue weighted by molar-refractivity contribution is 5.80. The number of nitrogens with zero attached hydrogens (tertiary/aromatic N) is 1. The second-order valence-corrected chi connectivity index (χ2v) is 6.08. The third-order valence-corrected chi connectivity index (χ3v) is 5.04. The van der Waals surface area contributed by atoms with Gasteiger partial charge in [-0.2, -0.15) is 0 Å². The van der Waals surface area contributed by atoms with Crippen LogP contribution in [-0.2, 0) is 4.79 Å². The van der Waals surface area contributed by atoms with Gasteiger partial charge in [-0.1, -0.05) is 25.7 Å². The molecule has 1 saturated heterocycles. The van der Waals surface area contributed by atoms with Gasteiger partial charge in [0.2, 0.25) is 5.91 Å². The Kier molecular flexibility index (Phi) is 3.12. The maximum Gasteiger partial charge on any atom is 0.226 e. The highest BCUT2D eigenvalue weighted by atomic mass is 16.2. The van der Waals surface area contributed by atoms with Gasteiger partial charge in [0.1, 0.15) is 0 Å². The minimum absolute atomic E-state index is 0.184. The Morgan fingerprint density at radius 1 is 1.12 bits per heavy atom. The van der Waals surface area contributed by atoms with E-state index < -0.39 is 0 Å². The average molecular weight is 236 g/mol. The van der Waals surface area contributed by atoms with Crippen LogP contribution in [0.5, 0.6) is 0 Å². The SMILES string of the molecule is O=C(C1CCC1)N1CCNCC12CCCCC2. The van der Waals surface area contributed by atoms with Crippen molar-refractivity contribution in [3.63, 3.8) is 0 Å². The van der Waals surface area contributed by atoms with Crippen LogP contribution in [0.3, 0.4) is 0 Å². The molecule has 1 spiro atoms. The normalized spacial score (nSPS) is 29.1. The van der Waals surface area contributed by atoms with Gasteiger partial charge in [0.05, 0.1) is 5.54 Å². The summed E-state index contributed by atoms with van der Waals surface area (Å²) in [4.78, 5) is 14.8. The van der Waals surface area contributed by atoms with Crippen LogP contribution < -0.4 is 5.32 Å². The van der Waals surface area contributed by atoms with E-state index in [1.54, 1.807) is 0 Å². The number of amides is 1. The number of carbonyl (C=O) groups excluding carboxylic acids is 1. The number of hydrogen-bond acceptors (Lipinski definition) is 2. The van der Waals surface area contributed by atoms with Crippen LogP contribution in [0.15, 0.2) is 0 Å². The third-order valence-electron chi connectivity index (χ3n) is 5.04. The van der Waals surface area contributed by atoms with Crippen molar-refractivity contribution in [1.29, 1.82) is 0 Å². The topological polar surface area (TPSA) is 32.3 Å². The van der Waals surface area contributed by atoms with E-state index in [4.69, 9.17) is 0 Å². The van der Waals surface area contributed by atoms with E-state index in [1.165, 1.54) is 38.5 Å². The quantitative estimate of drug-likeness (QED) is 0.754. The summed E-state index contributed by atoms with van der Waals surface area (Å²) in [5, 5.41) is 3.51. The van der Waals surface area contributed by atoms with E-state index in [0.29, 0.717) is 11.8 Å². The number of rotatable bonds is 1. The van der Waals surface area contributed by atoms with Gasteiger partial charge in [-0.05, 0) is 25.7 Å². The van der Waals surface area contributed by atoms with Gasteiger partial charge in [0, 0.05) is 25.6 Å². The largest absolute Gasteiger partial charge is 0.334 e. The molecule has 3 aliphatic rings. The van der Waals surface area contributed by atoms with Gasteiger partial charge in [0.15, 0.2) is 0 Å². The van der Waals surface area contributed by atoms with Crippen LogP contribution in [-0.4, -0.2) is 36.0 Å². The van der Waals surface area contributed by atoms with Gasteiger partial charge in [-0.25, -0.2) is 0 Å². The molecule has 0 unspecified atom stereocenters. The highest BCUT2D eigenvalue weighted by Crippen LogP contribution is 2.38. The zero-order valence-corrected chi connectivity index (χ0v) is 10.7. The Labute approximate surface area is 104 Å². The molecule has 17 heavy (non-hydrogen) atoms. The summed E-state index contributed by atoms with van der Waals surface area (Å²) in [5.74, 6) is 0.839. The van der Waals surface area contributed by atoms with Crippen molar-refractivity contribution in [2.75, 3.05) is 19.6 Å². The van der Waals surface area contributed by atoms with Crippen molar-refractivity contribution in [1.82, 2.24) is 10.2 Å². The highest BCUT2D eigenvalue weighted by Gasteiger charge is 2.44. The standard InChI is InChI=1S/C14H24N2O/c17-13(12-5-4-6-12)16-10-9-15-11-14(16)7-2-1-3-8-14/h12,15H,1-11H2. The van der Waals surface area contributed by atoms with Crippen LogP contribution in [0.25, 0.3) is 0 Å². The maximum atomic E-state index is 12.6. The molecule has 2 saturated carbocycles. The lowest BCUT2D eigenvalue weighted by atomic mass is 9.76. The van der Waals surface area contributed by atoms with Gasteiger partial charge >= 0.3 is 0 Å². The first-order valence-electron chi connectivity index (χ1n) is 7.34. The Morgan fingerprint density at radius 3 is 2.53 bits per heavy atom. The molecule has 3 rings (SSSR count). The average Bonchev–Trinajstić information content (AvgIpc) is 2.28. The second kappa shape index (κ2) is 4.60. The molecule has 2 aliphatic carbocycles.